The van der Waals surface area contributed by atoms with E-state index in [1.165, 1.54) is 74.6 Å². The molecule has 29 heteroatoms. The molecule has 0 amide bonds. The van der Waals surface area contributed by atoms with Gasteiger partial charge in [-0.25, -0.2) is 4.57 Å². The number of aryl methyl sites for hydroxylation is 1. The molecule has 1 unspecified atom stereocenters. The zero-order chi connectivity index (χ0) is 64.7. The van der Waals surface area contributed by atoms with Gasteiger partial charge < -0.3 is 10.2 Å². The van der Waals surface area contributed by atoms with Gasteiger partial charge >= 0.3 is 424 Å². The quantitative estimate of drug-likeness (QED) is 0.0161. The number of aliphatic imine (C=N–C) groups is 4. The van der Waals surface area contributed by atoms with Crippen molar-refractivity contribution in [2.24, 2.45) is 41.8 Å². The molecule has 0 fully saturated rings. The Kier molecular flexibility index (Phi) is 17.6. The number of amidine groups is 4. The molecule has 3 aromatic heterocycles. The van der Waals surface area contributed by atoms with Crippen molar-refractivity contribution < 1.29 is 68.3 Å². The zero-order valence-corrected chi connectivity index (χ0v) is 56.0. The van der Waals surface area contributed by atoms with E-state index in [-0.39, 0.29) is 62.1 Å². The number of hydrogen-bond donors (Lipinski definition) is 1. The minimum atomic E-state index is -5.02. The van der Waals surface area contributed by atoms with Crippen LogP contribution in [0, 0.1) is 11.8 Å². The van der Waals surface area contributed by atoms with E-state index in [9.17, 15) is 44.2 Å². The normalized spacial score (nSPS) is 14.3. The standard InChI is InChI=1S/C48H24N8O12S4.C17H32N2O.Ga.H2O/c57-67-68-69-37-9-1-5-21-13-29-33(17-25(21)37)45-49-41(29)51-46-35-19-27-23(7-3-11-39(27)71(61,62)63)15-31(35)43(53-46)55-48-36-20-28-24(8-4-12-40(28)72(64,65)66)16-32(36)44(56-48)54-47-34-18-26-22(14-30(34)42(50-45)52-47)6-2-10-38(26)70(58,59)60;1-16(2)7-6-8-17(3)9-14-20-13-5-4-11-19-12-10-18-15-19;;/h1-20H,(H4-2,49,50,51,52,53,54,55,56,57,58,59,60,61,62,63,64,65,66);10,12,15-17H,4-9,11,13-14H2,1-3H3;;1H2/q-2;;+2;/p-3. The minimum absolute atomic E-state index is 0. The average Bonchev–Trinajstić information content (AvgIpc) is 1.54. The third-order valence-electron chi connectivity index (χ3n) is 17.0. The summed E-state index contributed by atoms with van der Waals surface area (Å²) in [6.07, 6.45) is 13.7. The second-order valence-electron chi connectivity index (χ2n) is 23.6. The van der Waals surface area contributed by atoms with Gasteiger partial charge in [0, 0.05) is 13.2 Å². The SMILES string of the molecule is CC(C)CCCC(C)CCOCCCC[n+]1cc[nH]c1.O.O=S(=O)([O-])c1cccc2cc3c(cc12)C1=Nc2c4cc5cccc(S(=O)(=O)[O-])c5cc4c4[n]2[Ga][n]2c(c5cc6cccc(S(=O)(=O)[O-])c6cc5c2=NC3=N1)=NC1=NC(=N4)c2cc3cccc(SOO[O-])c3cc21. The molecule has 15 rings (SSSR count). The van der Waals surface area contributed by atoms with Crippen LogP contribution in [0.4, 0.5) is 11.6 Å². The topological polar surface area (TPSA) is 358 Å². The molecular weight excluding hydrogens is 1340 g/mol. The Morgan fingerprint density at radius 1 is 0.532 bits per heavy atom. The van der Waals surface area contributed by atoms with Gasteiger partial charge in [-0.2, -0.15) is 0 Å². The fourth-order valence-electron chi connectivity index (χ4n) is 12.5. The molecule has 24 nitrogen and oxygen atoms in total. The zero-order valence-electron chi connectivity index (χ0n) is 50.3. The van der Waals surface area contributed by atoms with Gasteiger partial charge in [0.05, 0.1) is 6.54 Å². The molecule has 0 saturated heterocycles. The molecule has 479 valence electrons. The van der Waals surface area contributed by atoms with Gasteiger partial charge in [-0.3, -0.25) is 4.98 Å². The molecule has 1 radical (unpaired) electrons. The molecule has 1 atom stereocenters. The summed E-state index contributed by atoms with van der Waals surface area (Å²) in [6, 6.07) is 31.7. The van der Waals surface area contributed by atoms with E-state index in [1.54, 1.807) is 60.7 Å². The number of fused-ring (bicyclic) bond motifs is 18. The van der Waals surface area contributed by atoms with Gasteiger partial charge in [-0.15, -0.1) is 0 Å². The Balaban J connectivity index is 0.000000331. The molecule has 3 N–H and O–H groups in total. The first-order valence-electron chi connectivity index (χ1n) is 29.8. The van der Waals surface area contributed by atoms with Crippen LogP contribution in [0.2, 0.25) is 0 Å². The van der Waals surface area contributed by atoms with E-state index in [0.29, 0.717) is 93.2 Å². The van der Waals surface area contributed by atoms with Crippen LogP contribution >= 0.6 is 12.0 Å². The van der Waals surface area contributed by atoms with Gasteiger partial charge in [0.25, 0.3) is 0 Å². The number of aromatic nitrogens is 4. The summed E-state index contributed by atoms with van der Waals surface area (Å²) in [5, 5.41) is 19.1. The Hall–Kier alpha value is -8.11. The Morgan fingerprint density at radius 2 is 1.02 bits per heavy atom. The molecule has 6 bridgehead atoms. The predicted octanol–water partition coefficient (Wildman–Crippen LogP) is 8.15. The van der Waals surface area contributed by atoms with Crippen molar-refractivity contribution in [2.75, 3.05) is 13.2 Å². The number of ether oxygens (including phenoxy) is 1. The van der Waals surface area contributed by atoms with E-state index < -0.39 is 62.9 Å². The summed E-state index contributed by atoms with van der Waals surface area (Å²) in [6.45, 7) is 9.88. The Morgan fingerprint density at radius 3 is 1.57 bits per heavy atom. The van der Waals surface area contributed by atoms with Crippen molar-refractivity contribution in [3.63, 3.8) is 0 Å². The van der Waals surface area contributed by atoms with Crippen LogP contribution in [0.5, 0.6) is 0 Å². The third kappa shape index (κ3) is 12.3. The number of nitrogens with one attached hydrogen (secondary N) is 1. The van der Waals surface area contributed by atoms with Crippen molar-refractivity contribution in [2.45, 2.75) is 85.4 Å². The average molecular weight is 1400 g/mol. The van der Waals surface area contributed by atoms with Crippen LogP contribution in [-0.2, 0) is 51.0 Å². The van der Waals surface area contributed by atoms with Gasteiger partial charge in [0.2, 0.25) is 6.33 Å². The third-order valence-corrected chi connectivity index (χ3v) is 23.4. The summed E-state index contributed by atoms with van der Waals surface area (Å²) in [7, 11) is -15.0. The fourth-order valence-corrected chi connectivity index (χ4v) is 18.1. The monoisotopic (exact) mass is 1400 g/mol. The van der Waals surface area contributed by atoms with Crippen molar-refractivity contribution in [3.05, 3.63) is 173 Å². The molecule has 7 heterocycles. The molecular formula is C65H55GaN10O14S4-3. The number of nitrogens with zero attached hydrogens (tertiary/aromatic N) is 9. The number of imidazole rings is 1. The van der Waals surface area contributed by atoms with Crippen LogP contribution in [-0.4, -0.2) is 110 Å². The van der Waals surface area contributed by atoms with Crippen LogP contribution in [0.1, 0.15) is 81.5 Å². The number of H-pyrrole nitrogens is 1. The van der Waals surface area contributed by atoms with Crippen molar-refractivity contribution in [1.29, 1.82) is 0 Å². The Labute approximate surface area is 549 Å². The van der Waals surface area contributed by atoms with Crippen molar-refractivity contribution in [3.8, 4) is 0 Å². The van der Waals surface area contributed by atoms with E-state index in [0.717, 1.165) is 38.0 Å². The summed E-state index contributed by atoms with van der Waals surface area (Å²) >= 11 is -1.74. The second-order valence-corrected chi connectivity index (χ2v) is 31.0. The van der Waals surface area contributed by atoms with Gasteiger partial charge in [0.1, 0.15) is 12.4 Å². The van der Waals surface area contributed by atoms with Gasteiger partial charge in [0.15, 0.2) is 0 Å². The maximum absolute atomic E-state index is 12.8. The van der Waals surface area contributed by atoms with Gasteiger partial charge in [-0.1, -0.05) is 40.0 Å². The summed E-state index contributed by atoms with van der Waals surface area (Å²) in [4.78, 5) is 33.3. The molecule has 8 aromatic carbocycles. The van der Waals surface area contributed by atoms with E-state index in [1.807, 2.05) is 37.3 Å². The van der Waals surface area contributed by atoms with Crippen molar-refractivity contribution >= 4 is 160 Å². The Bertz CT molecular complexity index is 5600. The molecule has 4 aliphatic heterocycles. The van der Waals surface area contributed by atoms with Crippen LogP contribution in [0.25, 0.3) is 64.6 Å². The summed E-state index contributed by atoms with van der Waals surface area (Å²) in [5.74, 6) is 2.72. The number of hydrogen-bond acceptors (Lipinski definition) is 20. The van der Waals surface area contributed by atoms with E-state index in [4.69, 9.17) is 39.0 Å². The first-order valence-corrected chi connectivity index (χ1v) is 36.9. The first-order chi connectivity index (χ1) is 44.7. The molecule has 94 heavy (non-hydrogen) atoms. The van der Waals surface area contributed by atoms with E-state index >= 15 is 0 Å². The number of unbranched alkanes of at least 4 members (excludes halogenated alkanes) is 1. The molecule has 0 aliphatic carbocycles. The fraction of sp³-hybridized carbons (Fsp3) is 0.215. The maximum atomic E-state index is 12.8. The summed E-state index contributed by atoms with van der Waals surface area (Å²) < 4.78 is 131. The molecule has 0 spiro atoms. The van der Waals surface area contributed by atoms with Gasteiger partial charge in [-0.05, 0) is 31.1 Å². The van der Waals surface area contributed by atoms with Crippen LogP contribution in [0.3, 0.4) is 0 Å². The second kappa shape index (κ2) is 25.6. The number of benzene rings is 8. The van der Waals surface area contributed by atoms with Crippen LogP contribution in [0.15, 0.2) is 190 Å². The predicted molar refractivity (Wildman–Crippen MR) is 350 cm³/mol. The number of rotatable bonds is 18. The summed E-state index contributed by atoms with van der Waals surface area (Å²) in [5.41, 5.74) is 2.28. The molecule has 0 saturated carbocycles. The molecule has 4 aliphatic rings. The van der Waals surface area contributed by atoms with E-state index in [2.05, 4.69) is 41.6 Å². The number of aromatic amines is 1. The van der Waals surface area contributed by atoms with Crippen LogP contribution < -0.4 is 20.8 Å². The van der Waals surface area contributed by atoms with Crippen molar-refractivity contribution in [1.82, 2.24) is 11.5 Å². The first kappa shape index (κ1) is 64.6. The molecule has 11 aromatic rings.